The molecule has 2 heterocycles. The van der Waals surface area contributed by atoms with Crippen LogP contribution in [-0.4, -0.2) is 61.3 Å². The van der Waals surface area contributed by atoms with Gasteiger partial charge in [-0.2, -0.15) is 0 Å². The number of likely N-dealkylation sites (tertiary alicyclic amines) is 1. The zero-order chi connectivity index (χ0) is 10.8. The van der Waals surface area contributed by atoms with Gasteiger partial charge in [-0.05, 0) is 26.4 Å². The minimum atomic E-state index is -0.189. The zero-order valence-electron chi connectivity index (χ0n) is 9.19. The third kappa shape index (κ3) is 2.23. The molecule has 0 spiro atoms. The molecule has 0 saturated carbocycles. The first-order valence-corrected chi connectivity index (χ1v) is 5.56. The van der Waals surface area contributed by atoms with E-state index < -0.39 is 0 Å². The van der Waals surface area contributed by atoms with Crippen molar-refractivity contribution in [1.82, 2.24) is 9.80 Å². The van der Waals surface area contributed by atoms with Crippen molar-refractivity contribution in [3.05, 3.63) is 0 Å². The first-order chi connectivity index (χ1) is 7.20. The highest BCUT2D eigenvalue weighted by molar-refractivity contribution is 5.70. The Morgan fingerprint density at radius 3 is 2.93 bits per heavy atom. The van der Waals surface area contributed by atoms with Crippen molar-refractivity contribution in [3.63, 3.8) is 0 Å². The Labute approximate surface area is 90.1 Å². The summed E-state index contributed by atoms with van der Waals surface area (Å²) in [4.78, 5) is 15.7. The number of carbonyl (C=O) groups excluding carboxylic acids is 1. The number of cyclic esters (lactones) is 1. The standard InChI is InChI=1S/C10H19N3O2/c1-12-4-2-3-8(6-12)13-7-9(5-11)15-10(13)14/h8-9H,2-7,11H2,1H3. The van der Waals surface area contributed by atoms with Gasteiger partial charge >= 0.3 is 6.09 Å². The summed E-state index contributed by atoms with van der Waals surface area (Å²) in [6.07, 6.45) is 1.94. The molecule has 2 N–H and O–H groups in total. The lowest BCUT2D eigenvalue weighted by atomic mass is 10.0. The maximum atomic E-state index is 11.6. The van der Waals surface area contributed by atoms with Crippen LogP contribution in [0.15, 0.2) is 0 Å². The Hall–Kier alpha value is -0.810. The molecule has 0 aliphatic carbocycles. The van der Waals surface area contributed by atoms with Crippen LogP contribution in [0.4, 0.5) is 4.79 Å². The topological polar surface area (TPSA) is 58.8 Å². The smallest absolute Gasteiger partial charge is 0.410 e. The van der Waals surface area contributed by atoms with E-state index in [0.717, 1.165) is 25.9 Å². The average Bonchev–Trinajstić information content (AvgIpc) is 2.60. The molecule has 1 amide bonds. The molecular formula is C10H19N3O2. The van der Waals surface area contributed by atoms with Crippen LogP contribution in [0.3, 0.4) is 0 Å². The van der Waals surface area contributed by atoms with Crippen molar-refractivity contribution in [1.29, 1.82) is 0 Å². The van der Waals surface area contributed by atoms with Crippen molar-refractivity contribution in [2.24, 2.45) is 5.73 Å². The predicted octanol–water partition coefficient (Wildman–Crippen LogP) is -0.140. The van der Waals surface area contributed by atoms with E-state index >= 15 is 0 Å². The van der Waals surface area contributed by atoms with E-state index in [0.29, 0.717) is 19.1 Å². The number of likely N-dealkylation sites (N-methyl/N-ethyl adjacent to an activating group) is 1. The first-order valence-electron chi connectivity index (χ1n) is 5.56. The maximum Gasteiger partial charge on any atom is 0.410 e. The van der Waals surface area contributed by atoms with Crippen LogP contribution >= 0.6 is 0 Å². The van der Waals surface area contributed by atoms with E-state index in [-0.39, 0.29) is 12.2 Å². The van der Waals surface area contributed by atoms with E-state index in [1.165, 1.54) is 0 Å². The van der Waals surface area contributed by atoms with Crippen LogP contribution in [0.2, 0.25) is 0 Å². The summed E-state index contributed by atoms with van der Waals surface area (Å²) in [6.45, 7) is 3.16. The second kappa shape index (κ2) is 4.37. The number of piperidine rings is 1. The molecule has 2 aliphatic rings. The van der Waals surface area contributed by atoms with Gasteiger partial charge in [-0.1, -0.05) is 0 Å². The quantitative estimate of drug-likeness (QED) is 0.693. The Bertz CT molecular complexity index is 247. The molecule has 2 unspecified atom stereocenters. The first kappa shape index (κ1) is 10.7. The molecule has 0 radical (unpaired) electrons. The summed E-state index contributed by atoms with van der Waals surface area (Å²) in [5.74, 6) is 0. The van der Waals surface area contributed by atoms with Crippen LogP contribution in [-0.2, 0) is 4.74 Å². The molecule has 2 aliphatic heterocycles. The van der Waals surface area contributed by atoms with Gasteiger partial charge in [-0.25, -0.2) is 4.79 Å². The van der Waals surface area contributed by atoms with Gasteiger partial charge in [0.05, 0.1) is 6.54 Å². The summed E-state index contributed by atoms with van der Waals surface area (Å²) in [6, 6.07) is 0.313. The molecule has 2 atom stereocenters. The summed E-state index contributed by atoms with van der Waals surface area (Å²) >= 11 is 0. The molecule has 15 heavy (non-hydrogen) atoms. The third-order valence-corrected chi connectivity index (χ3v) is 3.21. The zero-order valence-corrected chi connectivity index (χ0v) is 9.19. The summed E-state index contributed by atoms with van der Waals surface area (Å²) in [5.41, 5.74) is 5.50. The lowest BCUT2D eigenvalue weighted by molar-refractivity contribution is 0.114. The van der Waals surface area contributed by atoms with Crippen molar-refractivity contribution >= 4 is 6.09 Å². The monoisotopic (exact) mass is 213 g/mol. The number of nitrogens with zero attached hydrogens (tertiary/aromatic N) is 2. The summed E-state index contributed by atoms with van der Waals surface area (Å²) < 4.78 is 5.16. The lowest BCUT2D eigenvalue weighted by Crippen LogP contribution is -2.47. The van der Waals surface area contributed by atoms with Crippen LogP contribution in [0.25, 0.3) is 0 Å². The second-order valence-electron chi connectivity index (χ2n) is 4.45. The highest BCUT2D eigenvalue weighted by Gasteiger charge is 2.36. The third-order valence-electron chi connectivity index (χ3n) is 3.21. The number of carbonyl (C=O) groups is 1. The fourth-order valence-corrected chi connectivity index (χ4v) is 2.36. The molecule has 0 aromatic rings. The summed E-state index contributed by atoms with van der Waals surface area (Å²) in [7, 11) is 2.09. The van der Waals surface area contributed by atoms with Gasteiger partial charge < -0.3 is 20.3 Å². The number of ether oxygens (including phenoxy) is 1. The number of rotatable bonds is 2. The molecule has 0 bridgehead atoms. The van der Waals surface area contributed by atoms with E-state index in [1.54, 1.807) is 0 Å². The lowest BCUT2D eigenvalue weighted by Gasteiger charge is -2.34. The minimum absolute atomic E-state index is 0.107. The van der Waals surface area contributed by atoms with Gasteiger partial charge in [0.15, 0.2) is 0 Å². The van der Waals surface area contributed by atoms with E-state index in [2.05, 4.69) is 11.9 Å². The van der Waals surface area contributed by atoms with Crippen LogP contribution in [0.5, 0.6) is 0 Å². The highest BCUT2D eigenvalue weighted by Crippen LogP contribution is 2.20. The van der Waals surface area contributed by atoms with Crippen LogP contribution in [0.1, 0.15) is 12.8 Å². The molecule has 5 nitrogen and oxygen atoms in total. The largest absolute Gasteiger partial charge is 0.443 e. The Balaban J connectivity index is 1.95. The fourth-order valence-electron chi connectivity index (χ4n) is 2.36. The van der Waals surface area contributed by atoms with Crippen molar-refractivity contribution in [2.45, 2.75) is 25.0 Å². The number of nitrogens with two attached hydrogens (primary N) is 1. The van der Waals surface area contributed by atoms with Gasteiger partial charge in [0.25, 0.3) is 0 Å². The van der Waals surface area contributed by atoms with E-state index in [9.17, 15) is 4.79 Å². The normalized spacial score (nSPS) is 33.2. The van der Waals surface area contributed by atoms with Crippen molar-refractivity contribution in [3.8, 4) is 0 Å². The highest BCUT2D eigenvalue weighted by atomic mass is 16.6. The summed E-state index contributed by atoms with van der Waals surface area (Å²) in [5, 5.41) is 0. The Morgan fingerprint density at radius 2 is 2.33 bits per heavy atom. The van der Waals surface area contributed by atoms with Gasteiger partial charge in [0.2, 0.25) is 0 Å². The van der Waals surface area contributed by atoms with Gasteiger partial charge in [-0.15, -0.1) is 0 Å². The van der Waals surface area contributed by atoms with Gasteiger partial charge in [0.1, 0.15) is 6.10 Å². The van der Waals surface area contributed by atoms with Crippen LogP contribution < -0.4 is 5.73 Å². The van der Waals surface area contributed by atoms with Crippen molar-refractivity contribution in [2.75, 3.05) is 33.2 Å². The average molecular weight is 213 g/mol. The molecule has 2 saturated heterocycles. The Morgan fingerprint density at radius 1 is 1.53 bits per heavy atom. The molecule has 2 rings (SSSR count). The maximum absolute atomic E-state index is 11.6. The molecule has 86 valence electrons. The molecule has 0 aromatic carbocycles. The number of hydrogen-bond donors (Lipinski definition) is 1. The van der Waals surface area contributed by atoms with Crippen LogP contribution in [0, 0.1) is 0 Å². The SMILES string of the molecule is CN1CCCC(N2CC(CN)OC2=O)C1. The molecule has 0 aromatic heterocycles. The number of amides is 1. The predicted molar refractivity (Wildman–Crippen MR) is 56.5 cm³/mol. The number of hydrogen-bond acceptors (Lipinski definition) is 4. The van der Waals surface area contributed by atoms with E-state index in [1.807, 2.05) is 4.90 Å². The second-order valence-corrected chi connectivity index (χ2v) is 4.45. The minimum Gasteiger partial charge on any atom is -0.443 e. The molecule has 5 heteroatoms. The fraction of sp³-hybridized carbons (Fsp3) is 0.900. The van der Waals surface area contributed by atoms with Gasteiger partial charge in [0, 0.05) is 19.1 Å². The van der Waals surface area contributed by atoms with E-state index in [4.69, 9.17) is 10.5 Å². The molecule has 2 fully saturated rings. The molecular weight excluding hydrogens is 194 g/mol. The Kier molecular flexibility index (Phi) is 3.11. The van der Waals surface area contributed by atoms with Crippen molar-refractivity contribution < 1.29 is 9.53 Å². The van der Waals surface area contributed by atoms with Gasteiger partial charge in [-0.3, -0.25) is 0 Å².